The molecule has 3 nitrogen and oxygen atoms in total. The molecule has 0 heterocycles. The maximum atomic E-state index is 9.70. The van der Waals surface area contributed by atoms with Crippen molar-refractivity contribution in [2.75, 3.05) is 14.2 Å². The van der Waals surface area contributed by atoms with E-state index in [0.717, 1.165) is 40.2 Å². The van der Waals surface area contributed by atoms with Gasteiger partial charge in [0.2, 0.25) is 0 Å². The Bertz CT molecular complexity index is 905. The fourth-order valence-corrected chi connectivity index (χ4v) is 3.22. The molecule has 0 aliphatic rings. The fraction of sp³-hybridized carbons (Fsp3) is 0.167. The van der Waals surface area contributed by atoms with Gasteiger partial charge in [-0.3, -0.25) is 0 Å². The average Bonchev–Trinajstić information content (AvgIpc) is 2.73. The van der Waals surface area contributed by atoms with Crippen LogP contribution in [0.5, 0.6) is 17.2 Å². The van der Waals surface area contributed by atoms with Gasteiger partial charge >= 0.3 is 0 Å². The van der Waals surface area contributed by atoms with Crippen LogP contribution in [0.4, 0.5) is 0 Å². The number of methoxy groups -OCH3 is 2. The fourth-order valence-electron chi connectivity index (χ4n) is 3.22. The van der Waals surface area contributed by atoms with Crippen LogP contribution >= 0.6 is 0 Å². The van der Waals surface area contributed by atoms with Gasteiger partial charge < -0.3 is 14.6 Å². The molecule has 3 aromatic rings. The van der Waals surface area contributed by atoms with Gasteiger partial charge in [-0.25, -0.2) is 0 Å². The van der Waals surface area contributed by atoms with Crippen molar-refractivity contribution in [2.24, 2.45) is 0 Å². The highest BCUT2D eigenvalue weighted by molar-refractivity contribution is 5.98. The van der Waals surface area contributed by atoms with Gasteiger partial charge in [0.15, 0.2) is 0 Å². The molecule has 3 aromatic carbocycles. The smallest absolute Gasteiger partial charge is 0.118 e. The van der Waals surface area contributed by atoms with Crippen molar-refractivity contribution in [1.29, 1.82) is 0 Å². The second-order valence-electron chi connectivity index (χ2n) is 6.21. The normalized spacial score (nSPS) is 11.7. The zero-order valence-corrected chi connectivity index (χ0v) is 15.9. The number of phenols is 1. The van der Waals surface area contributed by atoms with Crippen LogP contribution in [0.15, 0.2) is 72.8 Å². The number of phenolic OH excluding ortho intramolecular Hbond substituents is 1. The summed E-state index contributed by atoms with van der Waals surface area (Å²) in [6.45, 7) is 2.16. The molecule has 0 saturated heterocycles. The molecule has 0 radical (unpaired) electrons. The zero-order valence-electron chi connectivity index (χ0n) is 15.9. The Hall–Kier alpha value is -3.20. The maximum absolute atomic E-state index is 9.70. The Labute approximate surface area is 160 Å². The lowest BCUT2D eigenvalue weighted by Gasteiger charge is -2.17. The Morgan fingerprint density at radius 1 is 0.667 bits per heavy atom. The van der Waals surface area contributed by atoms with Crippen LogP contribution in [0.3, 0.4) is 0 Å². The molecule has 0 saturated carbocycles. The molecule has 27 heavy (non-hydrogen) atoms. The predicted molar refractivity (Wildman–Crippen MR) is 110 cm³/mol. The summed E-state index contributed by atoms with van der Waals surface area (Å²) < 4.78 is 10.6. The van der Waals surface area contributed by atoms with E-state index in [-0.39, 0.29) is 5.75 Å². The number of benzene rings is 3. The Morgan fingerprint density at radius 3 is 1.48 bits per heavy atom. The van der Waals surface area contributed by atoms with Crippen LogP contribution in [0.25, 0.3) is 11.1 Å². The van der Waals surface area contributed by atoms with E-state index in [0.29, 0.717) is 0 Å². The molecule has 0 aliphatic heterocycles. The summed E-state index contributed by atoms with van der Waals surface area (Å²) in [6.07, 6.45) is 0.870. The minimum Gasteiger partial charge on any atom is -0.508 e. The summed E-state index contributed by atoms with van der Waals surface area (Å²) in [5.74, 6) is 1.92. The molecular formula is C24H24O3. The van der Waals surface area contributed by atoms with E-state index in [9.17, 15) is 5.11 Å². The molecule has 3 heteroatoms. The molecule has 0 unspecified atom stereocenters. The highest BCUT2D eigenvalue weighted by Gasteiger charge is 2.13. The lowest BCUT2D eigenvalue weighted by Crippen LogP contribution is -1.95. The topological polar surface area (TPSA) is 38.7 Å². The number of rotatable bonds is 6. The van der Waals surface area contributed by atoms with Crippen LogP contribution in [0.2, 0.25) is 0 Å². The summed E-state index contributed by atoms with van der Waals surface area (Å²) in [7, 11) is 3.34. The molecule has 138 valence electrons. The number of hydrogen-bond donors (Lipinski definition) is 1. The first-order chi connectivity index (χ1) is 13.2. The average molecular weight is 360 g/mol. The van der Waals surface area contributed by atoms with Gasteiger partial charge in [0.1, 0.15) is 17.2 Å². The number of ether oxygens (including phenoxy) is 2. The van der Waals surface area contributed by atoms with Gasteiger partial charge in [-0.15, -0.1) is 0 Å². The van der Waals surface area contributed by atoms with Crippen molar-refractivity contribution in [3.05, 3.63) is 89.5 Å². The van der Waals surface area contributed by atoms with Gasteiger partial charge in [-0.05, 0) is 70.7 Å². The summed E-state index contributed by atoms with van der Waals surface area (Å²) >= 11 is 0. The van der Waals surface area contributed by atoms with E-state index in [4.69, 9.17) is 9.47 Å². The maximum Gasteiger partial charge on any atom is 0.118 e. The van der Waals surface area contributed by atoms with Gasteiger partial charge in [0.25, 0.3) is 0 Å². The SMILES string of the molecule is CCC(=C(c1ccc(O)cc1)c1ccc(OC)cc1)c1ccc(OC)cc1. The van der Waals surface area contributed by atoms with Gasteiger partial charge in [-0.2, -0.15) is 0 Å². The standard InChI is InChI=1S/C24H24O3/c1-4-23(17-7-13-21(26-2)14-8-17)24(18-5-11-20(25)12-6-18)19-9-15-22(27-3)16-10-19/h5-16,25H,4H2,1-3H3. The second-order valence-corrected chi connectivity index (χ2v) is 6.21. The van der Waals surface area contributed by atoms with Crippen molar-refractivity contribution in [2.45, 2.75) is 13.3 Å². The first kappa shape index (κ1) is 18.6. The van der Waals surface area contributed by atoms with E-state index < -0.39 is 0 Å². The lowest BCUT2D eigenvalue weighted by molar-refractivity contribution is 0.414. The third-order valence-electron chi connectivity index (χ3n) is 4.63. The monoisotopic (exact) mass is 360 g/mol. The van der Waals surface area contributed by atoms with Crippen LogP contribution in [0, 0.1) is 0 Å². The van der Waals surface area contributed by atoms with E-state index in [2.05, 4.69) is 31.2 Å². The molecule has 0 fully saturated rings. The van der Waals surface area contributed by atoms with E-state index in [1.165, 1.54) is 5.57 Å². The minimum absolute atomic E-state index is 0.260. The molecule has 1 N–H and O–H groups in total. The predicted octanol–water partition coefficient (Wildman–Crippen LogP) is 5.78. The van der Waals surface area contributed by atoms with Crippen LogP contribution in [0.1, 0.15) is 30.0 Å². The van der Waals surface area contributed by atoms with Gasteiger partial charge in [0, 0.05) is 0 Å². The van der Waals surface area contributed by atoms with Crippen molar-refractivity contribution in [3.63, 3.8) is 0 Å². The molecule has 0 amide bonds. The number of aromatic hydroxyl groups is 1. The van der Waals surface area contributed by atoms with Crippen LogP contribution in [-0.4, -0.2) is 19.3 Å². The number of hydrogen-bond acceptors (Lipinski definition) is 3. The molecule has 0 atom stereocenters. The third-order valence-corrected chi connectivity index (χ3v) is 4.63. The quantitative estimate of drug-likeness (QED) is 0.566. The lowest BCUT2D eigenvalue weighted by atomic mass is 9.88. The van der Waals surface area contributed by atoms with Crippen LogP contribution < -0.4 is 9.47 Å². The van der Waals surface area contributed by atoms with Crippen molar-refractivity contribution in [1.82, 2.24) is 0 Å². The van der Waals surface area contributed by atoms with Crippen LogP contribution in [-0.2, 0) is 0 Å². The minimum atomic E-state index is 0.260. The molecule has 0 bridgehead atoms. The third kappa shape index (κ3) is 4.14. The highest BCUT2D eigenvalue weighted by Crippen LogP contribution is 2.36. The van der Waals surface area contributed by atoms with E-state index >= 15 is 0 Å². The molecule has 0 aliphatic carbocycles. The summed E-state index contributed by atoms with van der Waals surface area (Å²) in [5.41, 5.74) is 5.69. The summed E-state index contributed by atoms with van der Waals surface area (Å²) in [5, 5.41) is 9.70. The Balaban J connectivity index is 2.20. The molecule has 3 rings (SSSR count). The van der Waals surface area contributed by atoms with E-state index in [1.54, 1.807) is 26.4 Å². The number of allylic oxidation sites excluding steroid dienone is 1. The van der Waals surface area contributed by atoms with Gasteiger partial charge in [0.05, 0.1) is 14.2 Å². The Morgan fingerprint density at radius 2 is 1.07 bits per heavy atom. The molecular weight excluding hydrogens is 336 g/mol. The molecule has 0 spiro atoms. The summed E-state index contributed by atoms with van der Waals surface area (Å²) in [6, 6.07) is 23.6. The van der Waals surface area contributed by atoms with Crippen molar-refractivity contribution in [3.8, 4) is 17.2 Å². The van der Waals surface area contributed by atoms with E-state index in [1.807, 2.05) is 36.4 Å². The second kappa shape index (κ2) is 8.45. The Kier molecular flexibility index (Phi) is 5.82. The highest BCUT2D eigenvalue weighted by atomic mass is 16.5. The zero-order chi connectivity index (χ0) is 19.2. The molecule has 0 aromatic heterocycles. The van der Waals surface area contributed by atoms with Crippen molar-refractivity contribution >= 4 is 11.1 Å². The first-order valence-corrected chi connectivity index (χ1v) is 8.97. The largest absolute Gasteiger partial charge is 0.508 e. The van der Waals surface area contributed by atoms with Gasteiger partial charge in [-0.1, -0.05) is 43.3 Å². The van der Waals surface area contributed by atoms with Crippen molar-refractivity contribution < 1.29 is 14.6 Å². The summed E-state index contributed by atoms with van der Waals surface area (Å²) in [4.78, 5) is 0. The first-order valence-electron chi connectivity index (χ1n) is 8.97.